The van der Waals surface area contributed by atoms with Crippen molar-refractivity contribution in [2.75, 3.05) is 6.54 Å². The Morgan fingerprint density at radius 2 is 2.08 bits per heavy atom. The van der Waals surface area contributed by atoms with Gasteiger partial charge in [0, 0.05) is 36.3 Å². The number of pyridine rings is 1. The number of carbonyl (C=O) groups excluding carboxylic acids is 1. The predicted molar refractivity (Wildman–Crippen MR) is 89.2 cm³/mol. The summed E-state index contributed by atoms with van der Waals surface area (Å²) in [4.78, 5) is 16.1. The van der Waals surface area contributed by atoms with Crippen molar-refractivity contribution in [3.05, 3.63) is 71.5 Å². The van der Waals surface area contributed by atoms with Gasteiger partial charge < -0.3 is 5.32 Å². The lowest BCUT2D eigenvalue weighted by molar-refractivity contribution is 0.0948. The van der Waals surface area contributed by atoms with Crippen molar-refractivity contribution in [2.24, 2.45) is 0 Å². The molecule has 24 heavy (non-hydrogen) atoms. The van der Waals surface area contributed by atoms with E-state index in [1.54, 1.807) is 23.3 Å². The van der Waals surface area contributed by atoms with Crippen molar-refractivity contribution >= 4 is 17.5 Å². The van der Waals surface area contributed by atoms with Crippen molar-refractivity contribution < 1.29 is 9.18 Å². The van der Waals surface area contributed by atoms with E-state index >= 15 is 0 Å². The second-order valence-corrected chi connectivity index (χ2v) is 5.49. The van der Waals surface area contributed by atoms with Gasteiger partial charge >= 0.3 is 0 Å². The normalized spacial score (nSPS) is 10.6. The Labute approximate surface area is 143 Å². The first-order chi connectivity index (χ1) is 11.6. The van der Waals surface area contributed by atoms with Crippen molar-refractivity contribution in [1.82, 2.24) is 20.1 Å². The molecule has 0 aliphatic carbocycles. The Morgan fingerprint density at radius 1 is 1.21 bits per heavy atom. The second-order valence-electron chi connectivity index (χ2n) is 5.09. The summed E-state index contributed by atoms with van der Waals surface area (Å²) in [6.07, 6.45) is 7.05. The second kappa shape index (κ2) is 7.23. The SMILES string of the molecule is O=C(NCCn1cc(-c2cccnc2)cn1)c1c(F)cccc1Cl. The van der Waals surface area contributed by atoms with E-state index in [4.69, 9.17) is 11.6 Å². The molecular weight excluding hydrogens is 331 g/mol. The van der Waals surface area contributed by atoms with Crippen LogP contribution < -0.4 is 5.32 Å². The number of amides is 1. The maximum Gasteiger partial charge on any atom is 0.255 e. The standard InChI is InChI=1S/C17H14ClFN4O/c18-14-4-1-5-15(19)16(14)17(24)21-7-8-23-11-13(10-22-23)12-3-2-6-20-9-12/h1-6,9-11H,7-8H2,(H,21,24). The monoisotopic (exact) mass is 344 g/mol. The number of hydrogen-bond donors (Lipinski definition) is 1. The van der Waals surface area contributed by atoms with Crippen LogP contribution in [0.15, 0.2) is 55.1 Å². The highest BCUT2D eigenvalue weighted by Crippen LogP contribution is 2.19. The van der Waals surface area contributed by atoms with Gasteiger partial charge in [-0.1, -0.05) is 23.7 Å². The van der Waals surface area contributed by atoms with Crippen LogP contribution in [0.5, 0.6) is 0 Å². The summed E-state index contributed by atoms with van der Waals surface area (Å²) in [7, 11) is 0. The van der Waals surface area contributed by atoms with Gasteiger partial charge in [0.2, 0.25) is 0 Å². The van der Waals surface area contributed by atoms with Crippen molar-refractivity contribution in [2.45, 2.75) is 6.54 Å². The number of nitrogens with zero attached hydrogens (tertiary/aromatic N) is 3. The number of rotatable bonds is 5. The number of nitrogens with one attached hydrogen (secondary N) is 1. The molecule has 2 aromatic heterocycles. The van der Waals surface area contributed by atoms with E-state index in [2.05, 4.69) is 15.4 Å². The lowest BCUT2D eigenvalue weighted by Crippen LogP contribution is -2.28. The van der Waals surface area contributed by atoms with Crippen molar-refractivity contribution in [3.8, 4) is 11.1 Å². The van der Waals surface area contributed by atoms with Gasteiger partial charge in [0.1, 0.15) is 5.82 Å². The molecule has 7 heteroatoms. The van der Waals surface area contributed by atoms with Crippen molar-refractivity contribution in [3.63, 3.8) is 0 Å². The minimum atomic E-state index is -0.641. The highest BCUT2D eigenvalue weighted by atomic mass is 35.5. The number of carbonyl (C=O) groups is 1. The Kier molecular flexibility index (Phi) is 4.86. The van der Waals surface area contributed by atoms with Crippen LogP contribution >= 0.6 is 11.6 Å². The lowest BCUT2D eigenvalue weighted by atomic mass is 10.2. The molecule has 5 nitrogen and oxygen atoms in total. The van der Waals surface area contributed by atoms with Gasteiger partial charge in [-0.2, -0.15) is 5.10 Å². The molecule has 0 atom stereocenters. The van der Waals surface area contributed by atoms with Crippen LogP contribution in [0.3, 0.4) is 0 Å². The number of halogens is 2. The van der Waals surface area contributed by atoms with Gasteiger partial charge in [0.25, 0.3) is 5.91 Å². The van der Waals surface area contributed by atoms with Crippen LogP contribution in [-0.4, -0.2) is 27.2 Å². The van der Waals surface area contributed by atoms with E-state index in [0.29, 0.717) is 13.1 Å². The summed E-state index contributed by atoms with van der Waals surface area (Å²) in [6.45, 7) is 0.760. The molecule has 0 radical (unpaired) electrons. The van der Waals surface area contributed by atoms with Crippen molar-refractivity contribution in [1.29, 1.82) is 0 Å². The number of hydrogen-bond acceptors (Lipinski definition) is 3. The Bertz CT molecular complexity index is 831. The summed E-state index contributed by atoms with van der Waals surface area (Å²) >= 11 is 5.87. The maximum atomic E-state index is 13.7. The predicted octanol–water partition coefficient (Wildman–Crippen LogP) is 3.17. The average Bonchev–Trinajstić information content (AvgIpc) is 3.04. The molecule has 1 amide bonds. The molecule has 1 aromatic carbocycles. The third kappa shape index (κ3) is 3.60. The van der Waals surface area contributed by atoms with E-state index in [1.807, 2.05) is 18.3 Å². The fraction of sp³-hybridized carbons (Fsp3) is 0.118. The lowest BCUT2D eigenvalue weighted by Gasteiger charge is -2.07. The first-order valence-corrected chi connectivity index (χ1v) is 7.68. The summed E-state index contributed by atoms with van der Waals surface area (Å²) in [5.74, 6) is -1.18. The molecule has 0 aliphatic rings. The smallest absolute Gasteiger partial charge is 0.255 e. The minimum Gasteiger partial charge on any atom is -0.350 e. The third-order valence-electron chi connectivity index (χ3n) is 3.44. The van der Waals surface area contributed by atoms with Crippen LogP contribution in [0.25, 0.3) is 11.1 Å². The summed E-state index contributed by atoms with van der Waals surface area (Å²) < 4.78 is 15.4. The average molecular weight is 345 g/mol. The zero-order chi connectivity index (χ0) is 16.9. The minimum absolute atomic E-state index is 0.0884. The van der Waals surface area contributed by atoms with E-state index < -0.39 is 11.7 Å². The topological polar surface area (TPSA) is 59.8 Å². The van der Waals surface area contributed by atoms with Gasteiger partial charge in [-0.05, 0) is 18.2 Å². The van der Waals surface area contributed by atoms with Crippen LogP contribution in [0.4, 0.5) is 4.39 Å². The summed E-state index contributed by atoms with van der Waals surface area (Å²) in [6, 6.07) is 7.93. The van der Waals surface area contributed by atoms with E-state index in [0.717, 1.165) is 11.1 Å². The number of aromatic nitrogens is 3. The van der Waals surface area contributed by atoms with Gasteiger partial charge in [-0.3, -0.25) is 14.5 Å². The van der Waals surface area contributed by atoms with Crippen LogP contribution in [0, 0.1) is 5.82 Å². The Balaban J connectivity index is 1.59. The maximum absolute atomic E-state index is 13.7. The quantitative estimate of drug-likeness (QED) is 0.773. The van der Waals surface area contributed by atoms with Gasteiger partial charge in [-0.25, -0.2) is 4.39 Å². The molecule has 0 spiro atoms. The molecule has 0 saturated heterocycles. The van der Waals surface area contributed by atoms with Crippen LogP contribution in [0.2, 0.25) is 5.02 Å². The molecule has 1 N–H and O–H groups in total. The first-order valence-electron chi connectivity index (χ1n) is 7.30. The zero-order valence-electron chi connectivity index (χ0n) is 12.6. The summed E-state index contributed by atoms with van der Waals surface area (Å²) in [5, 5.41) is 6.96. The fourth-order valence-electron chi connectivity index (χ4n) is 2.26. The molecule has 0 fully saturated rings. The highest BCUT2D eigenvalue weighted by Gasteiger charge is 2.15. The molecule has 0 bridgehead atoms. The molecular formula is C17H14ClFN4O. The van der Waals surface area contributed by atoms with Crippen LogP contribution in [0.1, 0.15) is 10.4 Å². The van der Waals surface area contributed by atoms with Gasteiger partial charge in [-0.15, -0.1) is 0 Å². The van der Waals surface area contributed by atoms with Gasteiger partial charge in [0.15, 0.2) is 0 Å². The molecule has 122 valence electrons. The molecule has 3 aromatic rings. The van der Waals surface area contributed by atoms with E-state index in [-0.39, 0.29) is 10.6 Å². The number of benzene rings is 1. The largest absolute Gasteiger partial charge is 0.350 e. The molecule has 0 saturated carbocycles. The van der Waals surface area contributed by atoms with Gasteiger partial charge in [0.05, 0.1) is 23.3 Å². The zero-order valence-corrected chi connectivity index (χ0v) is 13.4. The molecule has 0 aliphatic heterocycles. The Hall–Kier alpha value is -2.73. The summed E-state index contributed by atoms with van der Waals surface area (Å²) in [5.41, 5.74) is 1.76. The fourth-order valence-corrected chi connectivity index (χ4v) is 2.50. The Morgan fingerprint density at radius 3 is 2.83 bits per heavy atom. The highest BCUT2D eigenvalue weighted by molar-refractivity contribution is 6.33. The third-order valence-corrected chi connectivity index (χ3v) is 3.76. The molecule has 3 rings (SSSR count). The van der Waals surface area contributed by atoms with E-state index in [1.165, 1.54) is 18.2 Å². The van der Waals surface area contributed by atoms with E-state index in [9.17, 15) is 9.18 Å². The van der Waals surface area contributed by atoms with Crippen LogP contribution in [-0.2, 0) is 6.54 Å². The first kappa shape index (κ1) is 16.1. The molecule has 0 unspecified atom stereocenters. The molecule has 2 heterocycles.